The number of ether oxygens (including phenoxy) is 2. The fraction of sp³-hybridized carbons (Fsp3) is 0.0714. The molecule has 2 heterocycles. The summed E-state index contributed by atoms with van der Waals surface area (Å²) in [7, 11) is 0. The summed E-state index contributed by atoms with van der Waals surface area (Å²) < 4.78 is 11.2. The molecule has 1 aromatic carbocycles. The number of thiazole rings is 1. The van der Waals surface area contributed by atoms with E-state index in [1.165, 1.54) is 11.3 Å². The molecule has 0 radical (unpaired) electrons. The highest BCUT2D eigenvalue weighted by Gasteiger charge is 2.05. The molecule has 0 bridgehead atoms. The van der Waals surface area contributed by atoms with Gasteiger partial charge in [0, 0.05) is 12.4 Å². The monoisotopic (exact) mass is 319 g/mol. The van der Waals surface area contributed by atoms with Crippen molar-refractivity contribution < 1.29 is 9.47 Å². The van der Waals surface area contributed by atoms with E-state index in [0.717, 1.165) is 10.6 Å². The molecular formula is C14H10ClN3O2S. The molecule has 0 aliphatic carbocycles. The topological polar surface area (TPSA) is 57.1 Å². The molecule has 106 valence electrons. The summed E-state index contributed by atoms with van der Waals surface area (Å²) in [6.45, 7) is 0.397. The number of aromatic nitrogens is 3. The second-order valence-corrected chi connectivity index (χ2v) is 5.27. The first-order valence-electron chi connectivity index (χ1n) is 6.06. The summed E-state index contributed by atoms with van der Waals surface area (Å²) in [5.41, 5.74) is 1.69. The highest BCUT2D eigenvalue weighted by Crippen LogP contribution is 2.24. The zero-order valence-corrected chi connectivity index (χ0v) is 12.3. The van der Waals surface area contributed by atoms with Gasteiger partial charge in [-0.2, -0.15) is 0 Å². The molecule has 0 N–H and O–H groups in total. The lowest BCUT2D eigenvalue weighted by Crippen LogP contribution is -1.94. The molecule has 7 heteroatoms. The zero-order valence-electron chi connectivity index (χ0n) is 10.8. The minimum atomic E-state index is 0.397. The summed E-state index contributed by atoms with van der Waals surface area (Å²) >= 11 is 7.37. The van der Waals surface area contributed by atoms with E-state index in [0.29, 0.717) is 23.4 Å². The van der Waals surface area contributed by atoms with Crippen LogP contribution in [0.4, 0.5) is 0 Å². The van der Waals surface area contributed by atoms with Crippen molar-refractivity contribution >= 4 is 22.9 Å². The van der Waals surface area contributed by atoms with Crippen LogP contribution in [0.15, 0.2) is 48.4 Å². The Bertz CT molecular complexity index is 704. The SMILES string of the molecule is Clc1ncsc1COc1ccc(Oc2cnccn2)cc1. The van der Waals surface area contributed by atoms with Crippen LogP contribution in [0.3, 0.4) is 0 Å². The smallest absolute Gasteiger partial charge is 0.237 e. The molecule has 0 aliphatic heterocycles. The van der Waals surface area contributed by atoms with Crippen LogP contribution in [0.1, 0.15) is 4.88 Å². The van der Waals surface area contributed by atoms with Gasteiger partial charge in [-0.1, -0.05) is 11.6 Å². The van der Waals surface area contributed by atoms with Crippen molar-refractivity contribution in [3.05, 3.63) is 58.4 Å². The predicted molar refractivity (Wildman–Crippen MR) is 80.0 cm³/mol. The number of nitrogens with zero attached hydrogens (tertiary/aromatic N) is 3. The van der Waals surface area contributed by atoms with Gasteiger partial charge in [-0.25, -0.2) is 9.97 Å². The molecule has 5 nitrogen and oxygen atoms in total. The Morgan fingerprint density at radius 1 is 1.05 bits per heavy atom. The highest BCUT2D eigenvalue weighted by molar-refractivity contribution is 7.10. The van der Waals surface area contributed by atoms with Gasteiger partial charge in [-0.15, -0.1) is 11.3 Å². The third-order valence-electron chi connectivity index (χ3n) is 2.55. The minimum Gasteiger partial charge on any atom is -0.488 e. The van der Waals surface area contributed by atoms with E-state index in [1.807, 2.05) is 12.1 Å². The normalized spacial score (nSPS) is 10.3. The van der Waals surface area contributed by atoms with Gasteiger partial charge in [0.15, 0.2) is 0 Å². The second kappa shape index (κ2) is 6.51. The number of halogens is 1. The molecule has 0 aliphatic rings. The number of hydrogen-bond acceptors (Lipinski definition) is 6. The van der Waals surface area contributed by atoms with Gasteiger partial charge in [0.25, 0.3) is 0 Å². The average Bonchev–Trinajstić information content (AvgIpc) is 2.93. The van der Waals surface area contributed by atoms with E-state index >= 15 is 0 Å². The van der Waals surface area contributed by atoms with Crippen molar-refractivity contribution in [3.8, 4) is 17.4 Å². The van der Waals surface area contributed by atoms with Crippen LogP contribution in [0.2, 0.25) is 5.15 Å². The van der Waals surface area contributed by atoms with E-state index in [9.17, 15) is 0 Å². The molecular weight excluding hydrogens is 310 g/mol. The van der Waals surface area contributed by atoms with Gasteiger partial charge in [-0.3, -0.25) is 4.98 Å². The lowest BCUT2D eigenvalue weighted by molar-refractivity contribution is 0.309. The third-order valence-corrected chi connectivity index (χ3v) is 3.79. The number of benzene rings is 1. The van der Waals surface area contributed by atoms with E-state index in [4.69, 9.17) is 21.1 Å². The Balaban J connectivity index is 1.60. The third kappa shape index (κ3) is 3.68. The molecule has 2 aromatic heterocycles. The zero-order chi connectivity index (χ0) is 14.5. The second-order valence-electron chi connectivity index (χ2n) is 3.97. The first kappa shape index (κ1) is 13.8. The molecule has 0 saturated heterocycles. The Hall–Kier alpha value is -2.18. The van der Waals surface area contributed by atoms with Crippen molar-refractivity contribution in [2.45, 2.75) is 6.61 Å². The van der Waals surface area contributed by atoms with Crippen molar-refractivity contribution in [1.29, 1.82) is 0 Å². The molecule has 0 amide bonds. The average molecular weight is 320 g/mol. The quantitative estimate of drug-likeness (QED) is 0.712. The number of hydrogen-bond donors (Lipinski definition) is 0. The summed E-state index contributed by atoms with van der Waals surface area (Å²) in [5.74, 6) is 1.84. The van der Waals surface area contributed by atoms with Crippen molar-refractivity contribution in [2.24, 2.45) is 0 Å². The summed E-state index contributed by atoms with van der Waals surface area (Å²) in [6.07, 6.45) is 4.72. The standard InChI is InChI=1S/C14H10ClN3O2S/c15-14-12(21-9-18-14)8-19-10-1-3-11(4-2-10)20-13-7-16-5-6-17-13/h1-7,9H,8H2. The number of rotatable bonds is 5. The van der Waals surface area contributed by atoms with Crippen molar-refractivity contribution in [2.75, 3.05) is 0 Å². The van der Waals surface area contributed by atoms with E-state index in [2.05, 4.69) is 15.0 Å². The van der Waals surface area contributed by atoms with E-state index in [1.54, 1.807) is 36.2 Å². The van der Waals surface area contributed by atoms with Crippen LogP contribution >= 0.6 is 22.9 Å². The van der Waals surface area contributed by atoms with Gasteiger partial charge < -0.3 is 9.47 Å². The maximum absolute atomic E-state index is 5.91. The van der Waals surface area contributed by atoms with E-state index in [-0.39, 0.29) is 0 Å². The van der Waals surface area contributed by atoms with Crippen LogP contribution < -0.4 is 9.47 Å². The molecule has 0 spiro atoms. The first-order chi connectivity index (χ1) is 10.3. The fourth-order valence-electron chi connectivity index (χ4n) is 1.56. The molecule has 0 saturated carbocycles. The first-order valence-corrected chi connectivity index (χ1v) is 7.31. The van der Waals surface area contributed by atoms with Gasteiger partial charge >= 0.3 is 0 Å². The van der Waals surface area contributed by atoms with Gasteiger partial charge in [-0.05, 0) is 24.3 Å². The largest absolute Gasteiger partial charge is 0.488 e. The fourth-order valence-corrected chi connectivity index (χ4v) is 2.42. The van der Waals surface area contributed by atoms with Gasteiger partial charge in [0.2, 0.25) is 5.88 Å². The van der Waals surface area contributed by atoms with Crippen LogP contribution in [0, 0.1) is 0 Å². The van der Waals surface area contributed by atoms with Crippen LogP contribution in [-0.2, 0) is 6.61 Å². The van der Waals surface area contributed by atoms with E-state index < -0.39 is 0 Å². The lowest BCUT2D eigenvalue weighted by atomic mass is 10.3. The predicted octanol–water partition coefficient (Wildman–Crippen LogP) is 3.96. The molecule has 0 atom stereocenters. The molecule has 21 heavy (non-hydrogen) atoms. The molecule has 0 fully saturated rings. The Morgan fingerprint density at radius 2 is 1.86 bits per heavy atom. The van der Waals surface area contributed by atoms with Crippen molar-refractivity contribution in [1.82, 2.24) is 15.0 Å². The van der Waals surface area contributed by atoms with Crippen LogP contribution in [0.5, 0.6) is 17.4 Å². The maximum Gasteiger partial charge on any atom is 0.237 e. The Labute approximate surface area is 130 Å². The molecule has 0 unspecified atom stereocenters. The lowest BCUT2D eigenvalue weighted by Gasteiger charge is -2.07. The van der Waals surface area contributed by atoms with Gasteiger partial charge in [0.05, 0.1) is 16.6 Å². The maximum atomic E-state index is 5.91. The molecule has 3 rings (SSSR count). The summed E-state index contributed by atoms with van der Waals surface area (Å²) in [4.78, 5) is 12.8. The summed E-state index contributed by atoms with van der Waals surface area (Å²) in [5, 5.41) is 0.489. The summed E-state index contributed by atoms with van der Waals surface area (Å²) in [6, 6.07) is 7.25. The Morgan fingerprint density at radius 3 is 2.52 bits per heavy atom. The Kier molecular flexibility index (Phi) is 4.28. The highest BCUT2D eigenvalue weighted by atomic mass is 35.5. The molecule has 3 aromatic rings. The van der Waals surface area contributed by atoms with Crippen LogP contribution in [0.25, 0.3) is 0 Å². The minimum absolute atomic E-state index is 0.397. The van der Waals surface area contributed by atoms with Crippen molar-refractivity contribution in [3.63, 3.8) is 0 Å². The van der Waals surface area contributed by atoms with Crippen LogP contribution in [-0.4, -0.2) is 15.0 Å². The van der Waals surface area contributed by atoms with Gasteiger partial charge in [0.1, 0.15) is 23.3 Å².